The summed E-state index contributed by atoms with van der Waals surface area (Å²) in [7, 11) is 0. The zero-order chi connectivity index (χ0) is 11.5. The molecule has 0 saturated heterocycles. The number of anilines is 1. The molecule has 0 spiro atoms. The molecular weight excluding hydrogens is 198 g/mol. The van der Waals surface area contributed by atoms with Crippen LogP contribution in [0.15, 0.2) is 30.3 Å². The lowest BCUT2D eigenvalue weighted by molar-refractivity contribution is 1.01. The van der Waals surface area contributed by atoms with E-state index in [1.807, 2.05) is 37.3 Å². The quantitative estimate of drug-likeness (QED) is 0.834. The van der Waals surface area contributed by atoms with E-state index in [1.165, 1.54) is 5.56 Å². The number of aromatic nitrogens is 2. The van der Waals surface area contributed by atoms with Crippen LogP contribution in [0.4, 0.5) is 5.95 Å². The van der Waals surface area contributed by atoms with Crippen molar-refractivity contribution in [2.45, 2.75) is 20.3 Å². The number of nitrogen functional groups attached to an aromatic ring is 1. The number of aryl methyl sites for hydroxylation is 1. The highest BCUT2D eigenvalue weighted by Crippen LogP contribution is 2.24. The number of hydrogen-bond donors (Lipinski definition) is 1. The van der Waals surface area contributed by atoms with Crippen molar-refractivity contribution in [2.75, 3.05) is 5.73 Å². The molecule has 0 aliphatic heterocycles. The Morgan fingerprint density at radius 3 is 2.44 bits per heavy atom. The lowest BCUT2D eigenvalue weighted by Crippen LogP contribution is -2.04. The van der Waals surface area contributed by atoms with Gasteiger partial charge in [-0.1, -0.05) is 37.3 Å². The molecular formula is C13H15N3. The van der Waals surface area contributed by atoms with Gasteiger partial charge in [0.05, 0.1) is 5.69 Å². The van der Waals surface area contributed by atoms with E-state index in [0.29, 0.717) is 5.95 Å². The molecule has 1 aromatic carbocycles. The fourth-order valence-electron chi connectivity index (χ4n) is 1.88. The summed E-state index contributed by atoms with van der Waals surface area (Å²) >= 11 is 0. The van der Waals surface area contributed by atoms with E-state index in [4.69, 9.17) is 5.73 Å². The summed E-state index contributed by atoms with van der Waals surface area (Å²) in [6, 6.07) is 10.1. The standard InChI is InChI=1S/C13H15N3/c1-3-11-9(2)15-13(14)16-12(11)10-7-5-4-6-8-10/h4-8H,3H2,1-2H3,(H2,14,15,16). The minimum absolute atomic E-state index is 0.341. The molecule has 82 valence electrons. The normalized spacial score (nSPS) is 10.4. The molecule has 0 aliphatic carbocycles. The highest BCUT2D eigenvalue weighted by molar-refractivity contribution is 5.64. The maximum absolute atomic E-state index is 5.70. The molecule has 0 saturated carbocycles. The van der Waals surface area contributed by atoms with Crippen molar-refractivity contribution in [1.82, 2.24) is 9.97 Å². The van der Waals surface area contributed by atoms with Gasteiger partial charge in [-0.25, -0.2) is 9.97 Å². The molecule has 0 radical (unpaired) electrons. The van der Waals surface area contributed by atoms with Crippen LogP contribution in [-0.2, 0) is 6.42 Å². The summed E-state index contributed by atoms with van der Waals surface area (Å²) in [4.78, 5) is 8.54. The first kappa shape index (κ1) is 10.6. The fraction of sp³-hybridized carbons (Fsp3) is 0.231. The van der Waals surface area contributed by atoms with Crippen LogP contribution >= 0.6 is 0 Å². The molecule has 2 aromatic rings. The predicted octanol–water partition coefficient (Wildman–Crippen LogP) is 2.60. The Morgan fingerprint density at radius 1 is 1.12 bits per heavy atom. The highest BCUT2D eigenvalue weighted by atomic mass is 15.0. The zero-order valence-corrected chi connectivity index (χ0v) is 9.57. The van der Waals surface area contributed by atoms with Crippen LogP contribution in [0.1, 0.15) is 18.2 Å². The van der Waals surface area contributed by atoms with Crippen LogP contribution in [0.5, 0.6) is 0 Å². The van der Waals surface area contributed by atoms with Crippen molar-refractivity contribution >= 4 is 5.95 Å². The van der Waals surface area contributed by atoms with Crippen molar-refractivity contribution in [3.05, 3.63) is 41.6 Å². The average Bonchev–Trinajstić information content (AvgIpc) is 2.29. The van der Waals surface area contributed by atoms with Gasteiger partial charge in [0.15, 0.2) is 0 Å². The molecule has 0 aliphatic rings. The van der Waals surface area contributed by atoms with E-state index in [1.54, 1.807) is 0 Å². The number of nitrogens with zero attached hydrogens (tertiary/aromatic N) is 2. The van der Waals surface area contributed by atoms with Gasteiger partial charge >= 0.3 is 0 Å². The Kier molecular flexibility index (Phi) is 2.86. The maximum atomic E-state index is 5.70. The number of nitrogens with two attached hydrogens (primary N) is 1. The molecule has 1 aromatic heterocycles. The van der Waals surface area contributed by atoms with Crippen molar-refractivity contribution in [1.29, 1.82) is 0 Å². The fourth-order valence-corrected chi connectivity index (χ4v) is 1.88. The van der Waals surface area contributed by atoms with E-state index in [9.17, 15) is 0 Å². The molecule has 0 atom stereocenters. The van der Waals surface area contributed by atoms with Gasteiger partial charge in [0.2, 0.25) is 5.95 Å². The minimum atomic E-state index is 0.341. The molecule has 0 unspecified atom stereocenters. The lowest BCUT2D eigenvalue weighted by atomic mass is 10.0. The molecule has 16 heavy (non-hydrogen) atoms. The SMILES string of the molecule is CCc1c(C)nc(N)nc1-c1ccccc1. The third-order valence-corrected chi connectivity index (χ3v) is 2.63. The van der Waals surface area contributed by atoms with Crippen molar-refractivity contribution in [3.8, 4) is 11.3 Å². The number of hydrogen-bond acceptors (Lipinski definition) is 3. The van der Waals surface area contributed by atoms with E-state index in [0.717, 1.165) is 23.4 Å². The number of benzene rings is 1. The van der Waals surface area contributed by atoms with E-state index < -0.39 is 0 Å². The smallest absolute Gasteiger partial charge is 0.220 e. The van der Waals surface area contributed by atoms with E-state index >= 15 is 0 Å². The van der Waals surface area contributed by atoms with Gasteiger partial charge in [0, 0.05) is 11.3 Å². The van der Waals surface area contributed by atoms with Gasteiger partial charge in [-0.2, -0.15) is 0 Å². The molecule has 3 nitrogen and oxygen atoms in total. The van der Waals surface area contributed by atoms with E-state index in [-0.39, 0.29) is 0 Å². The molecule has 0 fully saturated rings. The van der Waals surface area contributed by atoms with Crippen LogP contribution in [0, 0.1) is 6.92 Å². The van der Waals surface area contributed by atoms with Crippen molar-refractivity contribution in [2.24, 2.45) is 0 Å². The van der Waals surface area contributed by atoms with Gasteiger partial charge in [-0.05, 0) is 18.9 Å². The Bertz CT molecular complexity index is 492. The Morgan fingerprint density at radius 2 is 1.81 bits per heavy atom. The first-order valence-electron chi connectivity index (χ1n) is 5.40. The summed E-state index contributed by atoms with van der Waals surface area (Å²) in [6.45, 7) is 4.08. The molecule has 2 N–H and O–H groups in total. The van der Waals surface area contributed by atoms with Crippen molar-refractivity contribution < 1.29 is 0 Å². The monoisotopic (exact) mass is 213 g/mol. The van der Waals surface area contributed by atoms with Crippen LogP contribution < -0.4 is 5.73 Å². The molecule has 3 heteroatoms. The van der Waals surface area contributed by atoms with Gasteiger partial charge in [0.25, 0.3) is 0 Å². The molecule has 1 heterocycles. The first-order chi connectivity index (χ1) is 7.72. The Hall–Kier alpha value is -1.90. The van der Waals surface area contributed by atoms with E-state index in [2.05, 4.69) is 16.9 Å². The summed E-state index contributed by atoms with van der Waals surface area (Å²) < 4.78 is 0. The Balaban J connectivity index is 2.64. The third-order valence-electron chi connectivity index (χ3n) is 2.63. The molecule has 0 bridgehead atoms. The summed E-state index contributed by atoms with van der Waals surface area (Å²) in [6.07, 6.45) is 0.913. The largest absolute Gasteiger partial charge is 0.368 e. The van der Waals surface area contributed by atoms with Crippen LogP contribution in [0.25, 0.3) is 11.3 Å². The lowest BCUT2D eigenvalue weighted by Gasteiger charge is -2.10. The topological polar surface area (TPSA) is 51.8 Å². The molecule has 0 amide bonds. The van der Waals surface area contributed by atoms with Gasteiger partial charge in [-0.3, -0.25) is 0 Å². The second-order valence-corrected chi connectivity index (χ2v) is 3.71. The summed E-state index contributed by atoms with van der Waals surface area (Å²) in [5.74, 6) is 0.341. The second-order valence-electron chi connectivity index (χ2n) is 3.71. The maximum Gasteiger partial charge on any atom is 0.220 e. The van der Waals surface area contributed by atoms with Crippen LogP contribution in [0.2, 0.25) is 0 Å². The Labute approximate surface area is 95.4 Å². The first-order valence-corrected chi connectivity index (χ1v) is 5.40. The summed E-state index contributed by atoms with van der Waals surface area (Å²) in [5.41, 5.74) is 9.88. The van der Waals surface area contributed by atoms with Gasteiger partial charge in [0.1, 0.15) is 0 Å². The van der Waals surface area contributed by atoms with Gasteiger partial charge < -0.3 is 5.73 Å². The van der Waals surface area contributed by atoms with Gasteiger partial charge in [-0.15, -0.1) is 0 Å². The minimum Gasteiger partial charge on any atom is -0.368 e. The van der Waals surface area contributed by atoms with Crippen LogP contribution in [-0.4, -0.2) is 9.97 Å². The zero-order valence-electron chi connectivity index (χ0n) is 9.57. The second kappa shape index (κ2) is 4.31. The number of rotatable bonds is 2. The van der Waals surface area contributed by atoms with Crippen LogP contribution in [0.3, 0.4) is 0 Å². The molecule has 2 rings (SSSR count). The highest BCUT2D eigenvalue weighted by Gasteiger charge is 2.10. The van der Waals surface area contributed by atoms with Crippen molar-refractivity contribution in [3.63, 3.8) is 0 Å². The predicted molar refractivity (Wildman–Crippen MR) is 66.0 cm³/mol. The summed E-state index contributed by atoms with van der Waals surface area (Å²) in [5, 5.41) is 0. The third kappa shape index (κ3) is 1.89. The average molecular weight is 213 g/mol.